The van der Waals surface area contributed by atoms with Crippen molar-refractivity contribution >= 4 is 32.9 Å². The molecule has 0 spiro atoms. The minimum Gasteiger partial charge on any atom is -0.465 e. The monoisotopic (exact) mass is 560 g/mol. The number of carbonyl (C=O) groups is 1. The number of nitrogens with zero attached hydrogens (tertiary/aromatic N) is 3. The van der Waals surface area contributed by atoms with Gasteiger partial charge in [0.05, 0.1) is 47.4 Å². The maximum Gasteiger partial charge on any atom is 0.340 e. The molecule has 5 aromatic rings. The number of para-hydroxylation sites is 1. The molecule has 10 nitrogen and oxygen atoms in total. The third-order valence-electron chi connectivity index (χ3n) is 6.58. The average Bonchev–Trinajstić information content (AvgIpc) is 3.47. The molecule has 206 valence electrons. The zero-order valence-corrected chi connectivity index (χ0v) is 23.3. The summed E-state index contributed by atoms with van der Waals surface area (Å²) in [6.45, 7) is 6.12. The zero-order valence-electron chi connectivity index (χ0n) is 22.5. The molecule has 5 rings (SSSR count). The van der Waals surface area contributed by atoms with E-state index >= 15 is 0 Å². The van der Waals surface area contributed by atoms with Crippen LogP contribution in [0.2, 0.25) is 0 Å². The first-order valence-corrected chi connectivity index (χ1v) is 14.1. The molecule has 11 heteroatoms. The maximum atomic E-state index is 13.3. The Morgan fingerprint density at radius 3 is 2.45 bits per heavy atom. The number of methoxy groups -OCH3 is 1. The minimum absolute atomic E-state index is 0.0895. The predicted molar refractivity (Wildman–Crippen MR) is 150 cm³/mol. The summed E-state index contributed by atoms with van der Waals surface area (Å²) < 4.78 is 46.9. The lowest BCUT2D eigenvalue weighted by atomic mass is 10.0. The highest BCUT2D eigenvalue weighted by Gasteiger charge is 2.23. The Morgan fingerprint density at radius 2 is 1.77 bits per heavy atom. The molecule has 0 saturated carbocycles. The second-order valence-corrected chi connectivity index (χ2v) is 10.7. The number of hydrogen-bond donors (Lipinski definition) is 1. The van der Waals surface area contributed by atoms with Crippen molar-refractivity contribution in [3.63, 3.8) is 0 Å². The molecule has 2 aromatic heterocycles. The Labute approximate surface area is 231 Å². The van der Waals surface area contributed by atoms with Gasteiger partial charge in [-0.25, -0.2) is 17.9 Å². The molecule has 0 saturated heterocycles. The van der Waals surface area contributed by atoms with E-state index in [0.717, 1.165) is 5.56 Å². The molecule has 0 atom stereocenters. The second kappa shape index (κ2) is 10.9. The van der Waals surface area contributed by atoms with Crippen LogP contribution in [-0.4, -0.2) is 42.8 Å². The molecule has 0 aliphatic heterocycles. The molecule has 40 heavy (non-hydrogen) atoms. The average molecular weight is 561 g/mol. The van der Waals surface area contributed by atoms with E-state index in [9.17, 15) is 13.2 Å². The van der Waals surface area contributed by atoms with Crippen molar-refractivity contribution in [2.75, 3.05) is 18.4 Å². The van der Waals surface area contributed by atoms with Crippen molar-refractivity contribution < 1.29 is 27.2 Å². The van der Waals surface area contributed by atoms with Gasteiger partial charge in [0.25, 0.3) is 16.0 Å². The Balaban J connectivity index is 1.49. The summed E-state index contributed by atoms with van der Waals surface area (Å²) in [5, 5.41) is 3.83. The van der Waals surface area contributed by atoms with Gasteiger partial charge < -0.3 is 14.0 Å². The molecule has 0 radical (unpaired) electrons. The van der Waals surface area contributed by atoms with Crippen LogP contribution in [0.25, 0.3) is 22.2 Å². The summed E-state index contributed by atoms with van der Waals surface area (Å²) >= 11 is 0. The largest absolute Gasteiger partial charge is 0.465 e. The molecule has 1 N–H and O–H groups in total. The fraction of sp³-hybridized carbons (Fsp3) is 0.207. The van der Waals surface area contributed by atoms with E-state index in [1.54, 1.807) is 50.2 Å². The van der Waals surface area contributed by atoms with Gasteiger partial charge in [-0.3, -0.25) is 4.57 Å². The lowest BCUT2D eigenvalue weighted by Gasteiger charge is -2.13. The number of aryl methyl sites for hydroxylation is 1. The number of nitrogens with one attached hydrogen (secondary N) is 1. The standard InChI is InChI=1S/C29H28N4O6S/c1-5-38-29-30-24-11-8-10-23(28(34)37-4)26(24)33(29)17-20-13-15-21(16-14-20)22-9-6-7-12-25(22)40(35,36)32-27-18(2)19(3)31-39-27/h6-16,32H,5,17H2,1-4H3. The highest BCUT2D eigenvalue weighted by molar-refractivity contribution is 7.92. The first kappa shape index (κ1) is 26.9. The normalized spacial score (nSPS) is 11.5. The molecular weight excluding hydrogens is 532 g/mol. The zero-order chi connectivity index (χ0) is 28.4. The number of fused-ring (bicyclic) bond motifs is 1. The third-order valence-corrected chi connectivity index (χ3v) is 7.97. The van der Waals surface area contributed by atoms with Gasteiger partial charge in [0.15, 0.2) is 0 Å². The van der Waals surface area contributed by atoms with Gasteiger partial charge in [-0.15, -0.1) is 0 Å². The van der Waals surface area contributed by atoms with Crippen molar-refractivity contribution in [1.82, 2.24) is 14.7 Å². The highest BCUT2D eigenvalue weighted by Crippen LogP contribution is 2.31. The maximum absolute atomic E-state index is 13.3. The van der Waals surface area contributed by atoms with Gasteiger partial charge in [-0.05, 0) is 50.1 Å². The fourth-order valence-electron chi connectivity index (χ4n) is 4.42. The quantitative estimate of drug-likeness (QED) is 0.239. The molecule has 0 unspecified atom stereocenters. The van der Waals surface area contributed by atoms with Gasteiger partial charge in [-0.2, -0.15) is 4.98 Å². The van der Waals surface area contributed by atoms with Crippen LogP contribution in [0.3, 0.4) is 0 Å². The van der Waals surface area contributed by atoms with E-state index in [1.165, 1.54) is 7.11 Å². The Hall–Kier alpha value is -4.64. The highest BCUT2D eigenvalue weighted by atomic mass is 32.2. The number of hydrogen-bond acceptors (Lipinski definition) is 8. The summed E-state index contributed by atoms with van der Waals surface area (Å²) in [5.41, 5.74) is 5.00. The number of carbonyl (C=O) groups excluding carboxylic acids is 1. The number of rotatable bonds is 9. The van der Waals surface area contributed by atoms with Crippen LogP contribution < -0.4 is 9.46 Å². The molecule has 3 aromatic carbocycles. The Morgan fingerprint density at radius 1 is 1.02 bits per heavy atom. The van der Waals surface area contributed by atoms with Gasteiger partial charge >= 0.3 is 5.97 Å². The lowest BCUT2D eigenvalue weighted by molar-refractivity contribution is 0.0602. The first-order valence-electron chi connectivity index (χ1n) is 12.6. The van der Waals surface area contributed by atoms with Crippen LogP contribution in [0.15, 0.2) is 76.1 Å². The Bertz CT molecular complexity index is 1810. The topological polar surface area (TPSA) is 126 Å². The number of ether oxygens (including phenoxy) is 2. The van der Waals surface area contributed by atoms with E-state index in [-0.39, 0.29) is 10.8 Å². The SMILES string of the molecule is CCOc1nc2cccc(C(=O)OC)c2n1Cc1ccc(-c2ccccc2S(=O)(=O)Nc2onc(C)c2C)cc1. The van der Waals surface area contributed by atoms with E-state index in [0.29, 0.717) is 58.1 Å². The van der Waals surface area contributed by atoms with Crippen LogP contribution in [0.4, 0.5) is 5.88 Å². The minimum atomic E-state index is -3.96. The number of anilines is 1. The van der Waals surface area contributed by atoms with Crippen molar-refractivity contribution in [3.8, 4) is 17.1 Å². The van der Waals surface area contributed by atoms with Gasteiger partial charge in [0.1, 0.15) is 0 Å². The van der Waals surface area contributed by atoms with E-state index < -0.39 is 16.0 Å². The van der Waals surface area contributed by atoms with E-state index in [1.807, 2.05) is 41.8 Å². The summed E-state index contributed by atoms with van der Waals surface area (Å²) in [5.74, 6) is -0.376. The van der Waals surface area contributed by atoms with Crippen LogP contribution in [0.1, 0.15) is 34.1 Å². The number of esters is 1. The summed E-state index contributed by atoms with van der Waals surface area (Å²) in [7, 11) is -2.62. The van der Waals surface area contributed by atoms with Crippen molar-refractivity contribution in [1.29, 1.82) is 0 Å². The van der Waals surface area contributed by atoms with Crippen LogP contribution in [0.5, 0.6) is 6.01 Å². The molecule has 0 amide bonds. The summed E-state index contributed by atoms with van der Waals surface area (Å²) in [6, 6.07) is 19.9. The van der Waals surface area contributed by atoms with Gasteiger partial charge in [-0.1, -0.05) is 53.7 Å². The fourth-order valence-corrected chi connectivity index (χ4v) is 5.70. The molecule has 0 aliphatic rings. The van der Waals surface area contributed by atoms with Crippen LogP contribution >= 0.6 is 0 Å². The van der Waals surface area contributed by atoms with E-state index in [4.69, 9.17) is 14.0 Å². The molecule has 0 fully saturated rings. The first-order chi connectivity index (χ1) is 19.2. The summed E-state index contributed by atoms with van der Waals surface area (Å²) in [4.78, 5) is 17.2. The molecule has 2 heterocycles. The second-order valence-electron chi connectivity index (χ2n) is 9.10. The van der Waals surface area contributed by atoms with Gasteiger partial charge in [0, 0.05) is 11.1 Å². The number of sulfonamides is 1. The number of benzene rings is 3. The number of imidazole rings is 1. The van der Waals surface area contributed by atoms with Crippen molar-refractivity contribution in [3.05, 3.63) is 89.1 Å². The van der Waals surface area contributed by atoms with E-state index in [2.05, 4.69) is 14.9 Å². The van der Waals surface area contributed by atoms with Crippen molar-refractivity contribution in [2.45, 2.75) is 32.2 Å². The Kier molecular flexibility index (Phi) is 7.31. The van der Waals surface area contributed by atoms with Gasteiger partial charge in [0.2, 0.25) is 5.88 Å². The molecular formula is C29H28N4O6S. The summed E-state index contributed by atoms with van der Waals surface area (Å²) in [6.07, 6.45) is 0. The molecule has 0 aliphatic carbocycles. The predicted octanol–water partition coefficient (Wildman–Crippen LogP) is 5.34. The third kappa shape index (κ3) is 5.03. The van der Waals surface area contributed by atoms with Crippen LogP contribution in [-0.2, 0) is 21.3 Å². The molecule has 0 bridgehead atoms. The lowest BCUT2D eigenvalue weighted by Crippen LogP contribution is -2.14. The van der Waals surface area contributed by atoms with Crippen LogP contribution in [0, 0.1) is 13.8 Å². The smallest absolute Gasteiger partial charge is 0.340 e. The number of aromatic nitrogens is 3. The van der Waals surface area contributed by atoms with Crippen molar-refractivity contribution in [2.24, 2.45) is 0 Å².